The number of nitrogens with zero attached hydrogens (tertiary/aromatic N) is 3. The van der Waals surface area contributed by atoms with Crippen molar-refractivity contribution in [1.29, 1.82) is 0 Å². The molecule has 29 heavy (non-hydrogen) atoms. The fourth-order valence-electron chi connectivity index (χ4n) is 3.19. The van der Waals surface area contributed by atoms with Crippen molar-refractivity contribution in [3.63, 3.8) is 0 Å². The number of benzene rings is 1. The second-order valence-corrected chi connectivity index (χ2v) is 8.90. The Kier molecular flexibility index (Phi) is 6.53. The van der Waals surface area contributed by atoms with E-state index in [1.165, 1.54) is 22.6 Å². The van der Waals surface area contributed by atoms with Gasteiger partial charge in [-0.2, -0.15) is 4.31 Å². The lowest BCUT2D eigenvalue weighted by atomic mass is 9.97. The number of carbonyl (C=O) groups is 1. The Bertz CT molecular complexity index is 949. The van der Waals surface area contributed by atoms with Gasteiger partial charge in [-0.1, -0.05) is 6.07 Å². The van der Waals surface area contributed by atoms with Crippen LogP contribution in [0.4, 0.5) is 4.39 Å². The third-order valence-electron chi connectivity index (χ3n) is 4.98. The van der Waals surface area contributed by atoms with Crippen LogP contribution in [0.15, 0.2) is 35.5 Å². The van der Waals surface area contributed by atoms with Gasteiger partial charge in [0.25, 0.3) is 10.0 Å². The number of aryl methyl sites for hydroxylation is 2. The molecule has 0 unspecified atom stereocenters. The number of imidazole rings is 1. The molecule has 1 aliphatic rings. The molecule has 3 rings (SSSR count). The summed E-state index contributed by atoms with van der Waals surface area (Å²) < 4.78 is 46.9. The lowest BCUT2D eigenvalue weighted by Crippen LogP contribution is -2.43. The average molecular weight is 424 g/mol. The first kappa shape index (κ1) is 21.3. The molecule has 8 nitrogen and oxygen atoms in total. The molecule has 1 N–H and O–H groups in total. The number of amides is 1. The molecule has 0 atom stereocenters. The van der Waals surface area contributed by atoms with Crippen LogP contribution in [0.2, 0.25) is 0 Å². The highest BCUT2D eigenvalue weighted by atomic mass is 32.2. The predicted molar refractivity (Wildman–Crippen MR) is 104 cm³/mol. The maximum Gasteiger partial charge on any atom is 0.262 e. The Hall–Kier alpha value is -2.46. The summed E-state index contributed by atoms with van der Waals surface area (Å²) in [5.41, 5.74) is 0. The van der Waals surface area contributed by atoms with E-state index in [4.69, 9.17) is 4.74 Å². The van der Waals surface area contributed by atoms with Gasteiger partial charge >= 0.3 is 0 Å². The van der Waals surface area contributed by atoms with Crippen LogP contribution in [-0.4, -0.2) is 54.4 Å². The van der Waals surface area contributed by atoms with Crippen LogP contribution in [0.1, 0.15) is 18.7 Å². The fourth-order valence-corrected chi connectivity index (χ4v) is 4.68. The molecule has 0 saturated carbocycles. The molecule has 1 aromatic carbocycles. The zero-order valence-corrected chi connectivity index (χ0v) is 17.3. The zero-order valence-electron chi connectivity index (χ0n) is 16.5. The number of sulfonamides is 1. The monoisotopic (exact) mass is 424 g/mol. The Morgan fingerprint density at radius 2 is 2.07 bits per heavy atom. The van der Waals surface area contributed by atoms with Gasteiger partial charge in [0, 0.05) is 38.3 Å². The Morgan fingerprint density at radius 1 is 1.34 bits per heavy atom. The van der Waals surface area contributed by atoms with Crippen LogP contribution in [0, 0.1) is 18.7 Å². The van der Waals surface area contributed by atoms with Crippen molar-refractivity contribution < 1.29 is 22.3 Å². The van der Waals surface area contributed by atoms with Crippen molar-refractivity contribution in [3.05, 3.63) is 42.1 Å². The van der Waals surface area contributed by atoms with Gasteiger partial charge < -0.3 is 14.6 Å². The molecule has 1 aliphatic heterocycles. The van der Waals surface area contributed by atoms with E-state index in [9.17, 15) is 17.6 Å². The van der Waals surface area contributed by atoms with E-state index in [1.54, 1.807) is 30.7 Å². The lowest BCUT2D eigenvalue weighted by molar-refractivity contribution is -0.126. The van der Waals surface area contributed by atoms with E-state index in [1.807, 2.05) is 0 Å². The van der Waals surface area contributed by atoms with Crippen molar-refractivity contribution in [2.24, 2.45) is 13.0 Å². The van der Waals surface area contributed by atoms with Gasteiger partial charge in [0.2, 0.25) is 5.91 Å². The number of aromatic nitrogens is 2. The summed E-state index contributed by atoms with van der Waals surface area (Å²) in [6.07, 6.45) is 2.39. The summed E-state index contributed by atoms with van der Waals surface area (Å²) in [5, 5.41) is 2.83. The van der Waals surface area contributed by atoms with E-state index in [0.717, 1.165) is 0 Å². The molecule has 1 saturated heterocycles. The second-order valence-electron chi connectivity index (χ2n) is 7.01. The van der Waals surface area contributed by atoms with Gasteiger partial charge in [0.15, 0.2) is 5.03 Å². The lowest BCUT2D eigenvalue weighted by Gasteiger charge is -2.29. The molecule has 0 bridgehead atoms. The molecular weight excluding hydrogens is 399 g/mol. The predicted octanol–water partition coefficient (Wildman–Crippen LogP) is 1.46. The molecule has 0 aliphatic carbocycles. The zero-order chi connectivity index (χ0) is 21.0. The molecule has 2 heterocycles. The summed E-state index contributed by atoms with van der Waals surface area (Å²) in [5.74, 6) is 0.273. The Labute approximate surface area is 169 Å². The molecule has 158 valence electrons. The third kappa shape index (κ3) is 5.13. The van der Waals surface area contributed by atoms with Crippen LogP contribution >= 0.6 is 0 Å². The first-order chi connectivity index (χ1) is 13.8. The minimum absolute atomic E-state index is 0.0369. The van der Waals surface area contributed by atoms with Crippen molar-refractivity contribution >= 4 is 15.9 Å². The van der Waals surface area contributed by atoms with Gasteiger partial charge in [-0.25, -0.2) is 17.8 Å². The van der Waals surface area contributed by atoms with Crippen LogP contribution in [-0.2, 0) is 21.9 Å². The van der Waals surface area contributed by atoms with Crippen molar-refractivity contribution in [3.8, 4) is 5.75 Å². The minimum atomic E-state index is -3.65. The minimum Gasteiger partial charge on any atom is -0.492 e. The topological polar surface area (TPSA) is 93.5 Å². The summed E-state index contributed by atoms with van der Waals surface area (Å²) in [4.78, 5) is 16.4. The summed E-state index contributed by atoms with van der Waals surface area (Å²) >= 11 is 0. The van der Waals surface area contributed by atoms with E-state index in [0.29, 0.717) is 31.0 Å². The highest BCUT2D eigenvalue weighted by molar-refractivity contribution is 7.89. The second kappa shape index (κ2) is 8.91. The number of nitrogens with one attached hydrogen (secondary N) is 1. The quantitative estimate of drug-likeness (QED) is 0.680. The van der Waals surface area contributed by atoms with Gasteiger partial charge in [0.1, 0.15) is 24.0 Å². The van der Waals surface area contributed by atoms with Crippen molar-refractivity contribution in [2.45, 2.75) is 24.8 Å². The smallest absolute Gasteiger partial charge is 0.262 e. The number of carbonyl (C=O) groups excluding carboxylic acids is 1. The van der Waals surface area contributed by atoms with Crippen LogP contribution < -0.4 is 10.1 Å². The largest absolute Gasteiger partial charge is 0.492 e. The van der Waals surface area contributed by atoms with E-state index < -0.39 is 10.0 Å². The van der Waals surface area contributed by atoms with Crippen LogP contribution in [0.5, 0.6) is 5.75 Å². The van der Waals surface area contributed by atoms with Crippen LogP contribution in [0.25, 0.3) is 0 Å². The Morgan fingerprint density at radius 3 is 2.69 bits per heavy atom. The van der Waals surface area contributed by atoms with Gasteiger partial charge in [-0.05, 0) is 31.9 Å². The van der Waals surface area contributed by atoms with Gasteiger partial charge in [-0.15, -0.1) is 0 Å². The summed E-state index contributed by atoms with van der Waals surface area (Å²) in [7, 11) is -1.90. The standard InChI is InChI=1S/C19H25FN4O4S/c1-14-22-18(13-23(14)2)29(26,27)24-9-6-15(7-10-24)19(25)21-8-11-28-17-5-3-4-16(20)12-17/h3-5,12-13,15H,6-11H2,1-2H3,(H,21,25). The number of hydrogen-bond donors (Lipinski definition) is 1. The molecule has 1 fully saturated rings. The first-order valence-corrected chi connectivity index (χ1v) is 10.9. The molecule has 2 aromatic rings. The number of ether oxygens (including phenoxy) is 1. The third-order valence-corrected chi connectivity index (χ3v) is 6.75. The van der Waals surface area contributed by atoms with Crippen LogP contribution in [0.3, 0.4) is 0 Å². The molecular formula is C19H25FN4O4S. The highest BCUT2D eigenvalue weighted by Gasteiger charge is 2.33. The average Bonchev–Trinajstić information content (AvgIpc) is 3.05. The van der Waals surface area contributed by atoms with Gasteiger partial charge in [0.05, 0.1) is 6.54 Å². The summed E-state index contributed by atoms with van der Waals surface area (Å²) in [6, 6.07) is 5.80. The number of piperidine rings is 1. The number of rotatable bonds is 7. The van der Waals surface area contributed by atoms with Gasteiger partial charge in [-0.3, -0.25) is 4.79 Å². The van der Waals surface area contributed by atoms with Crippen molar-refractivity contribution in [1.82, 2.24) is 19.2 Å². The molecule has 0 spiro atoms. The molecule has 1 amide bonds. The van der Waals surface area contributed by atoms with Crippen molar-refractivity contribution in [2.75, 3.05) is 26.2 Å². The summed E-state index contributed by atoms with van der Waals surface area (Å²) in [6.45, 7) is 2.81. The Balaban J connectivity index is 1.44. The molecule has 10 heteroatoms. The van der Waals surface area contributed by atoms with E-state index >= 15 is 0 Å². The number of hydrogen-bond acceptors (Lipinski definition) is 5. The molecule has 1 aromatic heterocycles. The normalized spacial score (nSPS) is 16.0. The first-order valence-electron chi connectivity index (χ1n) is 9.43. The molecule has 0 radical (unpaired) electrons. The maximum atomic E-state index is 13.1. The van der Waals surface area contributed by atoms with E-state index in [2.05, 4.69) is 10.3 Å². The fraction of sp³-hybridized carbons (Fsp3) is 0.474. The highest BCUT2D eigenvalue weighted by Crippen LogP contribution is 2.23. The van der Waals surface area contributed by atoms with E-state index in [-0.39, 0.29) is 42.4 Å². The number of halogens is 1. The SMILES string of the molecule is Cc1nc(S(=O)(=O)N2CCC(C(=O)NCCOc3cccc(F)c3)CC2)cn1C. The maximum absolute atomic E-state index is 13.1.